The summed E-state index contributed by atoms with van der Waals surface area (Å²) in [5.74, 6) is 0.260. The molecule has 94 valence electrons. The number of hydrogen-bond donors (Lipinski definition) is 2. The maximum Gasteiger partial charge on any atom is 0.129 e. The van der Waals surface area contributed by atoms with Crippen molar-refractivity contribution >= 4 is 37.5 Å². The summed E-state index contributed by atoms with van der Waals surface area (Å²) in [6.07, 6.45) is 0. The Bertz CT molecular complexity index is 570. The first-order chi connectivity index (χ1) is 8.56. The molecule has 4 heteroatoms. The normalized spacial score (nSPS) is 10.4. The molecule has 0 aliphatic rings. The summed E-state index contributed by atoms with van der Waals surface area (Å²) < 4.78 is 1.76. The summed E-state index contributed by atoms with van der Waals surface area (Å²) in [6.45, 7) is 2.77. The van der Waals surface area contributed by atoms with Gasteiger partial charge in [0.2, 0.25) is 0 Å². The third kappa shape index (κ3) is 3.27. The zero-order valence-corrected chi connectivity index (χ0v) is 13.0. The topological polar surface area (TPSA) is 32.3 Å². The lowest BCUT2D eigenvalue weighted by atomic mass is 10.2. The number of aryl methyl sites for hydroxylation is 1. The first kappa shape index (κ1) is 13.4. The third-order valence-electron chi connectivity index (χ3n) is 2.62. The van der Waals surface area contributed by atoms with Gasteiger partial charge in [0, 0.05) is 16.7 Å². The van der Waals surface area contributed by atoms with Crippen LogP contribution in [0.5, 0.6) is 5.75 Å². The van der Waals surface area contributed by atoms with Gasteiger partial charge < -0.3 is 10.4 Å². The van der Waals surface area contributed by atoms with Gasteiger partial charge >= 0.3 is 0 Å². The molecular weight excluding hydrogens is 358 g/mol. The summed E-state index contributed by atoms with van der Waals surface area (Å²) in [4.78, 5) is 0. The molecule has 0 unspecified atom stereocenters. The Morgan fingerprint density at radius 3 is 2.56 bits per heavy atom. The lowest BCUT2D eigenvalue weighted by molar-refractivity contribution is 0.471. The molecule has 0 amide bonds. The Morgan fingerprint density at radius 2 is 1.83 bits per heavy atom. The van der Waals surface area contributed by atoms with E-state index in [0.717, 1.165) is 15.7 Å². The van der Waals surface area contributed by atoms with Gasteiger partial charge in [0.1, 0.15) is 5.75 Å². The number of rotatable bonds is 3. The van der Waals surface area contributed by atoms with Crippen LogP contribution in [0.4, 0.5) is 5.69 Å². The molecule has 2 aromatic carbocycles. The SMILES string of the molecule is Cc1ccc(Br)c(NCc2ccc(O)c(Br)c2)c1. The molecule has 0 aliphatic carbocycles. The van der Waals surface area contributed by atoms with Crippen molar-refractivity contribution in [3.63, 3.8) is 0 Å². The van der Waals surface area contributed by atoms with Crippen molar-refractivity contribution in [2.75, 3.05) is 5.32 Å². The highest BCUT2D eigenvalue weighted by Crippen LogP contribution is 2.26. The highest BCUT2D eigenvalue weighted by molar-refractivity contribution is 9.11. The van der Waals surface area contributed by atoms with Crippen LogP contribution >= 0.6 is 31.9 Å². The van der Waals surface area contributed by atoms with Crippen molar-refractivity contribution < 1.29 is 5.11 Å². The van der Waals surface area contributed by atoms with E-state index >= 15 is 0 Å². The van der Waals surface area contributed by atoms with Gasteiger partial charge in [-0.3, -0.25) is 0 Å². The quantitative estimate of drug-likeness (QED) is 0.810. The Balaban J connectivity index is 2.11. The fourth-order valence-corrected chi connectivity index (χ4v) is 2.45. The van der Waals surface area contributed by atoms with Gasteiger partial charge in [0.15, 0.2) is 0 Å². The monoisotopic (exact) mass is 369 g/mol. The molecule has 2 rings (SSSR count). The first-order valence-corrected chi connectivity index (χ1v) is 7.12. The molecule has 0 bridgehead atoms. The number of halogens is 2. The van der Waals surface area contributed by atoms with Crippen LogP contribution < -0.4 is 5.32 Å². The van der Waals surface area contributed by atoms with Crippen molar-refractivity contribution in [2.24, 2.45) is 0 Å². The smallest absolute Gasteiger partial charge is 0.129 e. The van der Waals surface area contributed by atoms with E-state index in [4.69, 9.17) is 0 Å². The Hall–Kier alpha value is -1.00. The van der Waals surface area contributed by atoms with Crippen LogP contribution in [-0.4, -0.2) is 5.11 Å². The molecule has 0 radical (unpaired) electrons. The molecule has 0 heterocycles. The lowest BCUT2D eigenvalue weighted by Gasteiger charge is -2.10. The number of nitrogens with one attached hydrogen (secondary N) is 1. The summed E-state index contributed by atoms with van der Waals surface area (Å²) in [6, 6.07) is 11.7. The number of phenols is 1. The van der Waals surface area contributed by atoms with Gasteiger partial charge in [-0.15, -0.1) is 0 Å². The predicted molar refractivity (Wildman–Crippen MR) is 82.0 cm³/mol. The molecular formula is C14H13Br2NO. The molecule has 18 heavy (non-hydrogen) atoms. The molecule has 0 atom stereocenters. The van der Waals surface area contributed by atoms with E-state index in [-0.39, 0.29) is 5.75 Å². The van der Waals surface area contributed by atoms with Crippen LogP contribution in [0.25, 0.3) is 0 Å². The maximum atomic E-state index is 9.43. The van der Waals surface area contributed by atoms with Crippen molar-refractivity contribution in [2.45, 2.75) is 13.5 Å². The molecule has 0 saturated carbocycles. The van der Waals surface area contributed by atoms with E-state index in [1.807, 2.05) is 18.2 Å². The van der Waals surface area contributed by atoms with E-state index < -0.39 is 0 Å². The number of anilines is 1. The second-order valence-electron chi connectivity index (χ2n) is 4.12. The molecule has 0 spiro atoms. The average Bonchev–Trinajstić information content (AvgIpc) is 2.34. The van der Waals surface area contributed by atoms with Gasteiger partial charge in [-0.25, -0.2) is 0 Å². The summed E-state index contributed by atoms with van der Waals surface area (Å²) in [5.41, 5.74) is 3.39. The van der Waals surface area contributed by atoms with Gasteiger partial charge in [-0.2, -0.15) is 0 Å². The Kier molecular flexibility index (Phi) is 4.30. The van der Waals surface area contributed by atoms with E-state index in [1.165, 1.54) is 5.56 Å². The average molecular weight is 371 g/mol. The van der Waals surface area contributed by atoms with Crippen LogP contribution in [0.15, 0.2) is 45.3 Å². The minimum Gasteiger partial charge on any atom is -0.507 e. The van der Waals surface area contributed by atoms with Crippen LogP contribution in [0, 0.1) is 6.92 Å². The van der Waals surface area contributed by atoms with Crippen LogP contribution in [0.2, 0.25) is 0 Å². The van der Waals surface area contributed by atoms with Crippen LogP contribution in [0.3, 0.4) is 0 Å². The molecule has 2 aromatic rings. The van der Waals surface area contributed by atoms with Crippen molar-refractivity contribution in [1.82, 2.24) is 0 Å². The maximum absolute atomic E-state index is 9.43. The minimum atomic E-state index is 0.260. The Labute approximate surface area is 123 Å². The summed E-state index contributed by atoms with van der Waals surface area (Å²) >= 11 is 6.83. The number of aromatic hydroxyl groups is 1. The highest BCUT2D eigenvalue weighted by Gasteiger charge is 2.02. The van der Waals surface area contributed by atoms with E-state index in [0.29, 0.717) is 11.0 Å². The lowest BCUT2D eigenvalue weighted by Crippen LogP contribution is -2.00. The zero-order chi connectivity index (χ0) is 13.1. The van der Waals surface area contributed by atoms with Gasteiger partial charge in [0.05, 0.1) is 4.47 Å². The fraction of sp³-hybridized carbons (Fsp3) is 0.143. The molecule has 0 saturated heterocycles. The minimum absolute atomic E-state index is 0.260. The summed E-state index contributed by atoms with van der Waals surface area (Å²) in [7, 11) is 0. The first-order valence-electron chi connectivity index (χ1n) is 5.53. The Morgan fingerprint density at radius 1 is 1.06 bits per heavy atom. The molecule has 2 N–H and O–H groups in total. The largest absolute Gasteiger partial charge is 0.507 e. The fourth-order valence-electron chi connectivity index (χ4n) is 1.63. The van der Waals surface area contributed by atoms with E-state index in [2.05, 4.69) is 56.2 Å². The second-order valence-corrected chi connectivity index (χ2v) is 5.83. The molecule has 0 aromatic heterocycles. The van der Waals surface area contributed by atoms with Gasteiger partial charge in [0.25, 0.3) is 0 Å². The summed E-state index contributed by atoms with van der Waals surface area (Å²) in [5, 5.41) is 12.8. The molecule has 2 nitrogen and oxygen atoms in total. The standard InChI is InChI=1S/C14H13Br2NO/c1-9-2-4-11(15)13(6-9)17-8-10-3-5-14(18)12(16)7-10/h2-7,17-18H,8H2,1H3. The number of benzene rings is 2. The van der Waals surface area contributed by atoms with Crippen LogP contribution in [-0.2, 0) is 6.54 Å². The predicted octanol–water partition coefficient (Wildman–Crippen LogP) is 4.84. The van der Waals surface area contributed by atoms with E-state index in [1.54, 1.807) is 6.07 Å². The van der Waals surface area contributed by atoms with Crippen molar-refractivity contribution in [1.29, 1.82) is 0 Å². The number of hydrogen-bond acceptors (Lipinski definition) is 2. The van der Waals surface area contributed by atoms with Crippen molar-refractivity contribution in [3.8, 4) is 5.75 Å². The second kappa shape index (κ2) is 5.76. The third-order valence-corrected chi connectivity index (χ3v) is 3.94. The highest BCUT2D eigenvalue weighted by atomic mass is 79.9. The molecule has 0 fully saturated rings. The molecule has 0 aliphatic heterocycles. The van der Waals surface area contributed by atoms with Gasteiger partial charge in [-0.1, -0.05) is 12.1 Å². The van der Waals surface area contributed by atoms with E-state index in [9.17, 15) is 5.11 Å². The zero-order valence-electron chi connectivity index (χ0n) is 9.87. The van der Waals surface area contributed by atoms with Crippen LogP contribution in [0.1, 0.15) is 11.1 Å². The number of phenolic OH excluding ortho intramolecular Hbond substituents is 1. The van der Waals surface area contributed by atoms with Crippen molar-refractivity contribution in [3.05, 3.63) is 56.5 Å². The van der Waals surface area contributed by atoms with Gasteiger partial charge in [-0.05, 0) is 74.2 Å².